The number of carbonyl (C=O) groups excluding carboxylic acids is 1. The molecule has 1 aliphatic rings. The lowest BCUT2D eigenvalue weighted by Gasteiger charge is -2.14. The molecule has 2 aromatic heterocycles. The molecular weight excluding hydrogens is 464 g/mol. The van der Waals surface area contributed by atoms with Crippen molar-refractivity contribution in [3.63, 3.8) is 0 Å². The van der Waals surface area contributed by atoms with Gasteiger partial charge in [-0.3, -0.25) is 18.9 Å². The van der Waals surface area contributed by atoms with E-state index in [4.69, 9.17) is 26.8 Å². The minimum atomic E-state index is -0.288. The molecule has 0 spiro atoms. The number of pyridine rings is 1. The third-order valence-corrected chi connectivity index (χ3v) is 6.18. The van der Waals surface area contributed by atoms with Crippen LogP contribution in [0.25, 0.3) is 11.7 Å². The van der Waals surface area contributed by atoms with Crippen LogP contribution in [-0.4, -0.2) is 75.7 Å². The third kappa shape index (κ3) is 6.39. The van der Waals surface area contributed by atoms with E-state index in [0.29, 0.717) is 60.0 Å². The van der Waals surface area contributed by atoms with Crippen molar-refractivity contribution in [2.75, 3.05) is 51.4 Å². The number of thiocarbonyl (C=S) groups is 1. The standard InChI is InChI=1S/C22H28N4O5S2/c1-3-30-10-4-8-25-21(29)17(33-22(25)32)13-16-19(23-7-11-31-12-9-27)24-18-6-5-15(2)14-26(18)20(16)28/h5-6,13-14,23,27H,3-4,7-12H2,1-2H3/b17-13+. The van der Waals surface area contributed by atoms with E-state index in [1.54, 1.807) is 18.3 Å². The first-order valence-electron chi connectivity index (χ1n) is 10.7. The number of nitrogens with zero attached hydrogens (tertiary/aromatic N) is 3. The number of rotatable bonds is 12. The second-order valence-corrected chi connectivity index (χ2v) is 8.94. The van der Waals surface area contributed by atoms with Crippen molar-refractivity contribution in [1.29, 1.82) is 0 Å². The summed E-state index contributed by atoms with van der Waals surface area (Å²) >= 11 is 6.57. The van der Waals surface area contributed by atoms with E-state index >= 15 is 0 Å². The maximum Gasteiger partial charge on any atom is 0.267 e. The van der Waals surface area contributed by atoms with Gasteiger partial charge in [-0.15, -0.1) is 0 Å². The molecule has 0 saturated carbocycles. The monoisotopic (exact) mass is 492 g/mol. The van der Waals surface area contributed by atoms with Crippen LogP contribution >= 0.6 is 24.0 Å². The lowest BCUT2D eigenvalue weighted by Crippen LogP contribution is -2.29. The Labute approximate surface area is 201 Å². The van der Waals surface area contributed by atoms with Crippen molar-refractivity contribution in [3.8, 4) is 0 Å². The number of aliphatic hydroxyl groups is 1. The number of ether oxygens (including phenoxy) is 2. The summed E-state index contributed by atoms with van der Waals surface area (Å²) in [7, 11) is 0. The van der Waals surface area contributed by atoms with Crippen LogP contribution in [0.15, 0.2) is 28.0 Å². The lowest BCUT2D eigenvalue weighted by atomic mass is 10.2. The zero-order valence-electron chi connectivity index (χ0n) is 18.7. The van der Waals surface area contributed by atoms with E-state index < -0.39 is 0 Å². The highest BCUT2D eigenvalue weighted by Gasteiger charge is 2.32. The molecule has 0 radical (unpaired) electrons. The molecule has 2 N–H and O–H groups in total. The Hall–Kier alpha value is -2.31. The molecule has 2 aromatic rings. The quantitative estimate of drug-likeness (QED) is 0.262. The van der Waals surface area contributed by atoms with Crippen LogP contribution in [-0.2, 0) is 14.3 Å². The van der Waals surface area contributed by atoms with Gasteiger partial charge in [0.2, 0.25) is 0 Å². The van der Waals surface area contributed by atoms with Crippen molar-refractivity contribution in [2.45, 2.75) is 20.3 Å². The van der Waals surface area contributed by atoms with Crippen molar-refractivity contribution < 1.29 is 19.4 Å². The predicted octanol–water partition coefficient (Wildman–Crippen LogP) is 2.05. The van der Waals surface area contributed by atoms with Crippen molar-refractivity contribution in [2.24, 2.45) is 0 Å². The van der Waals surface area contributed by atoms with Gasteiger partial charge >= 0.3 is 0 Å². The number of aromatic nitrogens is 2. The number of hydrogen-bond donors (Lipinski definition) is 2. The maximum absolute atomic E-state index is 13.3. The Morgan fingerprint density at radius 2 is 2.06 bits per heavy atom. The molecule has 1 aliphatic heterocycles. The number of nitrogens with one attached hydrogen (secondary N) is 1. The van der Waals surface area contributed by atoms with Gasteiger partial charge in [-0.25, -0.2) is 4.98 Å². The summed E-state index contributed by atoms with van der Waals surface area (Å²) in [6.45, 7) is 6.33. The first-order valence-corrected chi connectivity index (χ1v) is 12.0. The third-order valence-electron chi connectivity index (χ3n) is 4.80. The second kappa shape index (κ2) is 12.2. The zero-order valence-corrected chi connectivity index (χ0v) is 20.3. The molecule has 33 heavy (non-hydrogen) atoms. The highest BCUT2D eigenvalue weighted by Crippen LogP contribution is 2.33. The van der Waals surface area contributed by atoms with Crippen LogP contribution in [0.2, 0.25) is 0 Å². The molecule has 0 aromatic carbocycles. The number of thioether (sulfide) groups is 1. The Kier molecular flexibility index (Phi) is 9.39. The van der Waals surface area contributed by atoms with Gasteiger partial charge in [0.1, 0.15) is 15.8 Å². The minimum Gasteiger partial charge on any atom is -0.394 e. The summed E-state index contributed by atoms with van der Waals surface area (Å²) < 4.78 is 12.6. The fraction of sp³-hybridized carbons (Fsp3) is 0.455. The smallest absolute Gasteiger partial charge is 0.267 e. The molecule has 0 unspecified atom stereocenters. The summed E-state index contributed by atoms with van der Waals surface area (Å²) in [5.41, 5.74) is 1.39. The molecule has 1 saturated heterocycles. The van der Waals surface area contributed by atoms with Gasteiger partial charge in [-0.1, -0.05) is 30.0 Å². The predicted molar refractivity (Wildman–Crippen MR) is 134 cm³/mol. The van der Waals surface area contributed by atoms with Crippen LogP contribution in [0.1, 0.15) is 24.5 Å². The number of aliphatic hydroxyl groups excluding tert-OH is 1. The number of hydrogen-bond acceptors (Lipinski definition) is 9. The molecule has 9 nitrogen and oxygen atoms in total. The number of amides is 1. The number of carbonyl (C=O) groups is 1. The number of aryl methyl sites for hydroxylation is 1. The molecule has 0 bridgehead atoms. The Balaban J connectivity index is 1.91. The molecule has 0 aliphatic carbocycles. The number of anilines is 1. The molecular formula is C22H28N4O5S2. The summed E-state index contributed by atoms with van der Waals surface area (Å²) in [4.78, 5) is 32.8. The summed E-state index contributed by atoms with van der Waals surface area (Å²) in [5.74, 6) is 0.130. The van der Waals surface area contributed by atoms with Crippen molar-refractivity contribution >= 4 is 51.7 Å². The van der Waals surface area contributed by atoms with Crippen LogP contribution in [0.3, 0.4) is 0 Å². The fourth-order valence-corrected chi connectivity index (χ4v) is 4.52. The summed E-state index contributed by atoms with van der Waals surface area (Å²) in [6.07, 6.45) is 3.95. The lowest BCUT2D eigenvalue weighted by molar-refractivity contribution is -0.122. The van der Waals surface area contributed by atoms with Gasteiger partial charge in [0, 0.05) is 32.5 Å². The van der Waals surface area contributed by atoms with E-state index in [1.807, 2.05) is 19.9 Å². The zero-order chi connectivity index (χ0) is 23.8. The van der Waals surface area contributed by atoms with Crippen molar-refractivity contribution in [3.05, 3.63) is 44.7 Å². The van der Waals surface area contributed by atoms with E-state index in [9.17, 15) is 9.59 Å². The van der Waals surface area contributed by atoms with Gasteiger partial charge in [-0.05, 0) is 38.0 Å². The van der Waals surface area contributed by atoms with E-state index in [2.05, 4.69) is 10.3 Å². The van der Waals surface area contributed by atoms with Gasteiger partial charge < -0.3 is 19.9 Å². The normalized spacial score (nSPS) is 15.2. The SMILES string of the molecule is CCOCCCN1C(=O)/C(=C\c2c(NCCOCCO)nc3ccc(C)cn3c2=O)SC1=S. The van der Waals surface area contributed by atoms with E-state index in [1.165, 1.54) is 21.1 Å². The molecule has 1 amide bonds. The number of fused-ring (bicyclic) bond motifs is 1. The van der Waals surface area contributed by atoms with E-state index in [0.717, 1.165) is 5.56 Å². The van der Waals surface area contributed by atoms with Gasteiger partial charge in [0.25, 0.3) is 11.5 Å². The van der Waals surface area contributed by atoms with Gasteiger partial charge in [-0.2, -0.15) is 0 Å². The minimum absolute atomic E-state index is 0.0629. The molecule has 0 atom stereocenters. The molecule has 3 heterocycles. The first-order chi connectivity index (χ1) is 16.0. The van der Waals surface area contributed by atoms with Crippen molar-refractivity contribution in [1.82, 2.24) is 14.3 Å². The molecule has 1 fully saturated rings. The Bertz CT molecular complexity index is 1100. The maximum atomic E-state index is 13.3. The van der Waals surface area contributed by atoms with Crippen LogP contribution in [0.5, 0.6) is 0 Å². The molecule has 11 heteroatoms. The van der Waals surface area contributed by atoms with E-state index in [-0.39, 0.29) is 30.2 Å². The average molecular weight is 493 g/mol. The van der Waals surface area contributed by atoms with Gasteiger partial charge in [0.15, 0.2) is 0 Å². The fourth-order valence-electron chi connectivity index (χ4n) is 3.22. The molecule has 178 valence electrons. The topological polar surface area (TPSA) is 105 Å². The second-order valence-electron chi connectivity index (χ2n) is 7.26. The van der Waals surface area contributed by atoms with Gasteiger partial charge in [0.05, 0.1) is 30.3 Å². The summed E-state index contributed by atoms with van der Waals surface area (Å²) in [5, 5.41) is 12.0. The Morgan fingerprint density at radius 1 is 1.24 bits per heavy atom. The summed E-state index contributed by atoms with van der Waals surface area (Å²) in [6, 6.07) is 3.65. The van der Waals surface area contributed by atoms with Crippen LogP contribution in [0.4, 0.5) is 5.82 Å². The highest BCUT2D eigenvalue weighted by molar-refractivity contribution is 8.26. The van der Waals surface area contributed by atoms with Crippen LogP contribution < -0.4 is 10.9 Å². The average Bonchev–Trinajstić information content (AvgIpc) is 3.06. The first kappa shape index (κ1) is 25.3. The Morgan fingerprint density at radius 3 is 2.82 bits per heavy atom. The molecule has 3 rings (SSSR count). The highest BCUT2D eigenvalue weighted by atomic mass is 32.2. The van der Waals surface area contributed by atoms with Crippen LogP contribution in [0, 0.1) is 6.92 Å². The largest absolute Gasteiger partial charge is 0.394 e.